The van der Waals surface area contributed by atoms with Crippen molar-refractivity contribution >= 4 is 11.8 Å². The lowest BCUT2D eigenvalue weighted by Gasteiger charge is -2.37. The number of amides is 1. The number of aromatic nitrogens is 4. The van der Waals surface area contributed by atoms with Gasteiger partial charge in [-0.25, -0.2) is 9.48 Å². The summed E-state index contributed by atoms with van der Waals surface area (Å²) in [6.45, 7) is 3.50. The highest BCUT2D eigenvalue weighted by Crippen LogP contribution is 2.26. The number of hydrogen-bond donors (Lipinski definition) is 1. The molecule has 0 saturated carbocycles. The lowest BCUT2D eigenvalue weighted by atomic mass is 9.90. The number of ether oxygens (including phenoxy) is 2. The summed E-state index contributed by atoms with van der Waals surface area (Å²) in [6.07, 6.45) is 4.92. The molecule has 3 heterocycles. The van der Waals surface area contributed by atoms with Crippen LogP contribution in [0.15, 0.2) is 53.7 Å². The van der Waals surface area contributed by atoms with Crippen LogP contribution in [0.1, 0.15) is 18.2 Å². The lowest BCUT2D eigenvalue weighted by Crippen LogP contribution is -2.44. The number of rotatable bonds is 6. The summed E-state index contributed by atoms with van der Waals surface area (Å²) >= 11 is 0. The van der Waals surface area contributed by atoms with Crippen LogP contribution >= 0.6 is 0 Å². The van der Waals surface area contributed by atoms with Gasteiger partial charge in [-0.05, 0) is 17.7 Å². The third-order valence-electron chi connectivity index (χ3n) is 4.83. The van der Waals surface area contributed by atoms with Gasteiger partial charge in [-0.15, -0.1) is 0 Å². The van der Waals surface area contributed by atoms with Crippen LogP contribution in [-0.4, -0.2) is 45.5 Å². The highest BCUT2D eigenvalue weighted by atomic mass is 16.6. The summed E-state index contributed by atoms with van der Waals surface area (Å²) in [5.74, 6) is 0. The number of nitrogens with zero attached hydrogens (tertiary/aromatic N) is 4. The lowest BCUT2D eigenvalue weighted by molar-refractivity contribution is -0.125. The third kappa shape index (κ3) is 4.57. The van der Waals surface area contributed by atoms with E-state index in [1.54, 1.807) is 33.9 Å². The van der Waals surface area contributed by atoms with E-state index in [-0.39, 0.29) is 10.8 Å². The molecule has 1 amide bonds. The third-order valence-corrected chi connectivity index (χ3v) is 4.83. The van der Waals surface area contributed by atoms with Crippen LogP contribution < -0.4 is 10.7 Å². The molecule has 30 heavy (non-hydrogen) atoms. The first-order valence-electron chi connectivity index (χ1n) is 9.59. The molecule has 2 aromatic heterocycles. The second kappa shape index (κ2) is 8.11. The minimum atomic E-state index is -0.517. The molecule has 3 aromatic rings. The van der Waals surface area contributed by atoms with Gasteiger partial charge in [0, 0.05) is 36.8 Å². The average molecular weight is 409 g/mol. The number of anilines is 1. The predicted octanol–water partition coefficient (Wildman–Crippen LogP) is 2.14. The molecule has 1 fully saturated rings. The van der Waals surface area contributed by atoms with Gasteiger partial charge in [0.25, 0.3) is 0 Å². The molecule has 1 saturated heterocycles. The summed E-state index contributed by atoms with van der Waals surface area (Å²) in [7, 11) is 1.82. The molecule has 0 radical (unpaired) electrons. The fourth-order valence-electron chi connectivity index (χ4n) is 3.12. The minimum absolute atomic E-state index is 0.105. The summed E-state index contributed by atoms with van der Waals surface area (Å²) in [5.41, 5.74) is 2.36. The first kappa shape index (κ1) is 19.8. The van der Waals surface area contributed by atoms with Gasteiger partial charge in [0.1, 0.15) is 18.0 Å². The second-order valence-electron chi connectivity index (χ2n) is 7.83. The zero-order valence-electron chi connectivity index (χ0n) is 16.9. The van der Waals surface area contributed by atoms with Crippen molar-refractivity contribution in [2.45, 2.75) is 13.3 Å². The number of carbonyl (C=O) groups excluding carboxylic acids is 1. The molecule has 156 valence electrons. The SMILES string of the molecule is Cn1cc(-n2ccc(=O)c(Cc3cccc(NC(=O)OCC4(C)COC4)c3)n2)cn1. The van der Waals surface area contributed by atoms with Gasteiger partial charge in [-0.2, -0.15) is 10.2 Å². The molecule has 0 spiro atoms. The van der Waals surface area contributed by atoms with Crippen molar-refractivity contribution in [3.05, 3.63) is 70.4 Å². The Morgan fingerprint density at radius 2 is 2.17 bits per heavy atom. The molecule has 0 aliphatic carbocycles. The quantitative estimate of drug-likeness (QED) is 0.670. The Labute approximate surface area is 173 Å². The zero-order valence-corrected chi connectivity index (χ0v) is 16.9. The van der Waals surface area contributed by atoms with Gasteiger partial charge in [0.05, 0.1) is 25.6 Å². The monoisotopic (exact) mass is 409 g/mol. The zero-order chi connectivity index (χ0) is 21.1. The van der Waals surface area contributed by atoms with Crippen LogP contribution in [-0.2, 0) is 22.9 Å². The fraction of sp³-hybridized carbons (Fsp3) is 0.333. The molecule has 1 aliphatic heterocycles. The van der Waals surface area contributed by atoms with Crippen molar-refractivity contribution in [3.8, 4) is 5.69 Å². The van der Waals surface area contributed by atoms with Crippen LogP contribution in [0.3, 0.4) is 0 Å². The number of hydrogen-bond acceptors (Lipinski definition) is 6. The number of aryl methyl sites for hydroxylation is 1. The van der Waals surface area contributed by atoms with Crippen LogP contribution in [0.5, 0.6) is 0 Å². The highest BCUT2D eigenvalue weighted by Gasteiger charge is 2.34. The minimum Gasteiger partial charge on any atom is -0.449 e. The molecule has 9 heteroatoms. The van der Waals surface area contributed by atoms with Crippen molar-refractivity contribution in [2.75, 3.05) is 25.1 Å². The van der Waals surface area contributed by atoms with Gasteiger partial charge in [0.15, 0.2) is 0 Å². The average Bonchev–Trinajstić information content (AvgIpc) is 3.13. The highest BCUT2D eigenvalue weighted by molar-refractivity contribution is 5.84. The van der Waals surface area contributed by atoms with Crippen molar-refractivity contribution in [1.29, 1.82) is 0 Å². The molecule has 1 aliphatic rings. The van der Waals surface area contributed by atoms with E-state index < -0.39 is 6.09 Å². The molecule has 1 N–H and O–H groups in total. The van der Waals surface area contributed by atoms with E-state index in [9.17, 15) is 9.59 Å². The Hall–Kier alpha value is -3.46. The first-order chi connectivity index (χ1) is 14.4. The largest absolute Gasteiger partial charge is 0.449 e. The van der Waals surface area contributed by atoms with E-state index in [1.165, 1.54) is 6.07 Å². The van der Waals surface area contributed by atoms with E-state index in [0.29, 0.717) is 37.6 Å². The van der Waals surface area contributed by atoms with Crippen molar-refractivity contribution in [1.82, 2.24) is 19.6 Å². The topological polar surface area (TPSA) is 100 Å². The normalized spacial score (nSPS) is 14.7. The molecule has 0 unspecified atom stereocenters. The van der Waals surface area contributed by atoms with Gasteiger partial charge in [-0.1, -0.05) is 19.1 Å². The Morgan fingerprint density at radius 3 is 2.87 bits per heavy atom. The van der Waals surface area contributed by atoms with Gasteiger partial charge in [-0.3, -0.25) is 14.8 Å². The molecule has 9 nitrogen and oxygen atoms in total. The van der Waals surface area contributed by atoms with Crippen LogP contribution in [0.2, 0.25) is 0 Å². The van der Waals surface area contributed by atoms with E-state index in [2.05, 4.69) is 15.5 Å². The van der Waals surface area contributed by atoms with E-state index in [1.807, 2.05) is 32.3 Å². The molecule has 4 rings (SSSR count). The van der Waals surface area contributed by atoms with E-state index in [0.717, 1.165) is 11.3 Å². The number of carbonyl (C=O) groups is 1. The maximum absolute atomic E-state index is 12.3. The molecular weight excluding hydrogens is 386 g/mol. The van der Waals surface area contributed by atoms with Gasteiger partial charge in [0.2, 0.25) is 5.43 Å². The fourth-order valence-corrected chi connectivity index (χ4v) is 3.12. The number of benzene rings is 1. The Bertz CT molecular complexity index is 1120. The molecular formula is C21H23N5O4. The van der Waals surface area contributed by atoms with Crippen molar-refractivity contribution in [2.24, 2.45) is 12.5 Å². The van der Waals surface area contributed by atoms with Crippen LogP contribution in [0, 0.1) is 5.41 Å². The van der Waals surface area contributed by atoms with Crippen molar-refractivity contribution in [3.63, 3.8) is 0 Å². The Morgan fingerprint density at radius 1 is 1.33 bits per heavy atom. The Balaban J connectivity index is 1.44. The first-order valence-corrected chi connectivity index (χ1v) is 9.59. The standard InChI is InChI=1S/C21H23N5O4/c1-21(12-29-13-21)14-30-20(28)23-16-5-3-4-15(8-16)9-18-19(27)6-7-26(24-18)17-10-22-25(2)11-17/h3-8,10-11H,9,12-14H2,1-2H3,(H,23,28). The van der Waals surface area contributed by atoms with Gasteiger partial charge >= 0.3 is 6.09 Å². The summed E-state index contributed by atoms with van der Waals surface area (Å²) in [6, 6.07) is 8.75. The maximum Gasteiger partial charge on any atom is 0.411 e. The van der Waals surface area contributed by atoms with Crippen LogP contribution in [0.25, 0.3) is 5.69 Å². The van der Waals surface area contributed by atoms with E-state index >= 15 is 0 Å². The van der Waals surface area contributed by atoms with Crippen molar-refractivity contribution < 1.29 is 14.3 Å². The molecule has 0 atom stereocenters. The summed E-state index contributed by atoms with van der Waals surface area (Å²) < 4.78 is 13.7. The Kier molecular flexibility index (Phi) is 5.37. The van der Waals surface area contributed by atoms with Crippen LogP contribution in [0.4, 0.5) is 10.5 Å². The smallest absolute Gasteiger partial charge is 0.411 e. The summed E-state index contributed by atoms with van der Waals surface area (Å²) in [5, 5.41) is 11.3. The summed E-state index contributed by atoms with van der Waals surface area (Å²) in [4.78, 5) is 24.4. The predicted molar refractivity (Wildman–Crippen MR) is 110 cm³/mol. The second-order valence-corrected chi connectivity index (χ2v) is 7.83. The maximum atomic E-state index is 12.3. The molecule has 0 bridgehead atoms. The van der Waals surface area contributed by atoms with Gasteiger partial charge < -0.3 is 9.47 Å². The molecule has 1 aromatic carbocycles. The van der Waals surface area contributed by atoms with E-state index in [4.69, 9.17) is 9.47 Å². The number of nitrogens with one attached hydrogen (secondary N) is 1.